The van der Waals surface area contributed by atoms with Crippen LogP contribution in [0.1, 0.15) is 33.0 Å². The predicted molar refractivity (Wildman–Crippen MR) is 107 cm³/mol. The molecule has 0 saturated heterocycles. The third-order valence-electron chi connectivity index (χ3n) is 4.95. The monoisotopic (exact) mass is 356 g/mol. The van der Waals surface area contributed by atoms with Gasteiger partial charge in [0.15, 0.2) is 17.3 Å². The Balaban J connectivity index is 1.86. The molecule has 1 aliphatic carbocycles. The highest BCUT2D eigenvalue weighted by atomic mass is 16.5. The van der Waals surface area contributed by atoms with Crippen molar-refractivity contribution < 1.29 is 14.3 Å². The summed E-state index contributed by atoms with van der Waals surface area (Å²) in [6, 6.07) is 23.7. The highest BCUT2D eigenvalue weighted by Crippen LogP contribution is 2.43. The number of hydrogen-bond acceptors (Lipinski definition) is 3. The van der Waals surface area contributed by atoms with E-state index in [-0.39, 0.29) is 11.7 Å². The summed E-state index contributed by atoms with van der Waals surface area (Å²) in [5, 5.41) is 0. The second-order valence-corrected chi connectivity index (χ2v) is 6.47. The molecule has 0 amide bonds. The van der Waals surface area contributed by atoms with E-state index >= 15 is 0 Å². The van der Waals surface area contributed by atoms with Crippen LogP contribution in [-0.2, 0) is 0 Å². The van der Waals surface area contributed by atoms with E-state index in [1.54, 1.807) is 14.2 Å². The maximum Gasteiger partial charge on any atom is 0.190 e. The highest BCUT2D eigenvalue weighted by Gasteiger charge is 2.35. The zero-order valence-corrected chi connectivity index (χ0v) is 15.3. The summed E-state index contributed by atoms with van der Waals surface area (Å²) < 4.78 is 10.7. The topological polar surface area (TPSA) is 35.5 Å². The summed E-state index contributed by atoms with van der Waals surface area (Å²) >= 11 is 0. The third kappa shape index (κ3) is 3.02. The minimum Gasteiger partial charge on any atom is -0.493 e. The van der Waals surface area contributed by atoms with E-state index in [1.807, 2.05) is 66.7 Å². The number of ether oxygens (including phenoxy) is 2. The van der Waals surface area contributed by atoms with Crippen LogP contribution in [0, 0.1) is 0 Å². The van der Waals surface area contributed by atoms with E-state index in [2.05, 4.69) is 12.1 Å². The van der Waals surface area contributed by atoms with Gasteiger partial charge in [0.25, 0.3) is 0 Å². The molecule has 1 atom stereocenters. The number of Topliss-reactive ketones (excluding diaryl/α,β-unsaturated/α-hetero) is 1. The second-order valence-electron chi connectivity index (χ2n) is 6.47. The zero-order valence-electron chi connectivity index (χ0n) is 15.3. The summed E-state index contributed by atoms with van der Waals surface area (Å²) in [5.41, 5.74) is 4.63. The van der Waals surface area contributed by atoms with E-state index in [0.717, 1.165) is 27.8 Å². The summed E-state index contributed by atoms with van der Waals surface area (Å²) in [4.78, 5) is 13.1. The van der Waals surface area contributed by atoms with Crippen molar-refractivity contribution in [1.29, 1.82) is 0 Å². The Bertz CT molecular complexity index is 1020. The van der Waals surface area contributed by atoms with Gasteiger partial charge in [-0.15, -0.1) is 0 Å². The van der Waals surface area contributed by atoms with E-state index in [0.29, 0.717) is 11.5 Å². The summed E-state index contributed by atoms with van der Waals surface area (Å²) in [7, 11) is 3.22. The number of rotatable bonds is 4. The lowest BCUT2D eigenvalue weighted by molar-refractivity contribution is 0.103. The normalized spacial score (nSPS) is 17.0. The van der Waals surface area contributed by atoms with Crippen LogP contribution in [0.4, 0.5) is 0 Å². The zero-order chi connectivity index (χ0) is 18.8. The molecule has 27 heavy (non-hydrogen) atoms. The quantitative estimate of drug-likeness (QED) is 0.609. The van der Waals surface area contributed by atoms with Gasteiger partial charge in [0.1, 0.15) is 0 Å². The minimum absolute atomic E-state index is 0.0667. The van der Waals surface area contributed by atoms with Crippen molar-refractivity contribution in [3.8, 4) is 11.5 Å². The fourth-order valence-electron chi connectivity index (χ4n) is 3.69. The molecule has 0 aliphatic heterocycles. The SMILES string of the molecule is COc1ccc(C=C2C(=O)c3ccccc3C2c2ccccc2)cc1OC. The van der Waals surface area contributed by atoms with Crippen LogP contribution < -0.4 is 9.47 Å². The Morgan fingerprint density at radius 2 is 1.52 bits per heavy atom. The Hall–Kier alpha value is -3.33. The molecule has 3 heteroatoms. The van der Waals surface area contributed by atoms with Crippen molar-refractivity contribution in [3.63, 3.8) is 0 Å². The number of carbonyl (C=O) groups is 1. The molecule has 0 fully saturated rings. The van der Waals surface area contributed by atoms with Crippen LogP contribution >= 0.6 is 0 Å². The average Bonchev–Trinajstić information content (AvgIpc) is 3.00. The molecular weight excluding hydrogens is 336 g/mol. The number of hydrogen-bond donors (Lipinski definition) is 0. The van der Waals surface area contributed by atoms with E-state index < -0.39 is 0 Å². The van der Waals surface area contributed by atoms with Gasteiger partial charge in [0.05, 0.1) is 14.2 Å². The molecule has 1 unspecified atom stereocenters. The van der Waals surface area contributed by atoms with Crippen LogP contribution in [0.5, 0.6) is 11.5 Å². The molecule has 0 heterocycles. The molecule has 0 saturated carbocycles. The van der Waals surface area contributed by atoms with Crippen LogP contribution in [0.15, 0.2) is 78.4 Å². The predicted octanol–water partition coefficient (Wildman–Crippen LogP) is 5.12. The Morgan fingerprint density at radius 3 is 2.26 bits per heavy atom. The van der Waals surface area contributed by atoms with Gasteiger partial charge in [-0.3, -0.25) is 4.79 Å². The van der Waals surface area contributed by atoms with Crippen LogP contribution in [0.25, 0.3) is 6.08 Å². The van der Waals surface area contributed by atoms with Gasteiger partial charge in [-0.1, -0.05) is 60.7 Å². The molecule has 0 radical (unpaired) electrons. The number of allylic oxidation sites excluding steroid dienone is 1. The van der Waals surface area contributed by atoms with Crippen molar-refractivity contribution in [2.45, 2.75) is 5.92 Å². The first kappa shape index (κ1) is 17.1. The number of benzene rings is 3. The largest absolute Gasteiger partial charge is 0.493 e. The van der Waals surface area contributed by atoms with Crippen LogP contribution in [0.2, 0.25) is 0 Å². The van der Waals surface area contributed by atoms with Crippen molar-refractivity contribution in [1.82, 2.24) is 0 Å². The van der Waals surface area contributed by atoms with Gasteiger partial charge >= 0.3 is 0 Å². The first-order chi connectivity index (χ1) is 13.2. The maximum atomic E-state index is 13.1. The summed E-state index contributed by atoms with van der Waals surface area (Å²) in [6.45, 7) is 0. The maximum absolute atomic E-state index is 13.1. The molecule has 3 aromatic rings. The van der Waals surface area contributed by atoms with Crippen molar-refractivity contribution in [3.05, 3.63) is 101 Å². The number of ketones is 1. The Kier molecular flexibility index (Phi) is 4.51. The van der Waals surface area contributed by atoms with Crippen LogP contribution in [-0.4, -0.2) is 20.0 Å². The first-order valence-corrected chi connectivity index (χ1v) is 8.85. The fourth-order valence-corrected chi connectivity index (χ4v) is 3.69. The van der Waals surface area contributed by atoms with Crippen molar-refractivity contribution in [2.75, 3.05) is 14.2 Å². The van der Waals surface area contributed by atoms with E-state index in [9.17, 15) is 4.79 Å². The summed E-state index contributed by atoms with van der Waals surface area (Å²) in [5.74, 6) is 1.32. The van der Waals surface area contributed by atoms with Gasteiger partial charge in [0.2, 0.25) is 0 Å². The molecule has 0 bridgehead atoms. The van der Waals surface area contributed by atoms with Gasteiger partial charge in [0, 0.05) is 17.1 Å². The molecule has 134 valence electrons. The number of carbonyl (C=O) groups excluding carboxylic acids is 1. The molecule has 0 aromatic heterocycles. The van der Waals surface area contributed by atoms with Gasteiger partial charge in [-0.25, -0.2) is 0 Å². The average molecular weight is 356 g/mol. The molecule has 0 spiro atoms. The van der Waals surface area contributed by atoms with Crippen molar-refractivity contribution >= 4 is 11.9 Å². The lowest BCUT2D eigenvalue weighted by Crippen LogP contribution is -2.02. The molecule has 3 nitrogen and oxygen atoms in total. The van der Waals surface area contributed by atoms with E-state index in [4.69, 9.17) is 9.47 Å². The molecule has 4 rings (SSSR count). The minimum atomic E-state index is -0.0667. The molecular formula is C24H20O3. The van der Waals surface area contributed by atoms with Crippen molar-refractivity contribution in [2.24, 2.45) is 0 Å². The second kappa shape index (κ2) is 7.12. The van der Waals surface area contributed by atoms with Gasteiger partial charge < -0.3 is 9.47 Å². The lowest BCUT2D eigenvalue weighted by Gasteiger charge is -2.14. The van der Waals surface area contributed by atoms with Gasteiger partial charge in [-0.2, -0.15) is 0 Å². The standard InChI is InChI=1S/C24H20O3/c1-26-21-13-12-16(15-22(21)27-2)14-20-23(17-8-4-3-5-9-17)18-10-6-7-11-19(18)24(20)25/h3-15,23H,1-2H3. The highest BCUT2D eigenvalue weighted by molar-refractivity contribution is 6.17. The number of methoxy groups -OCH3 is 2. The number of fused-ring (bicyclic) bond motifs is 1. The van der Waals surface area contributed by atoms with Crippen LogP contribution in [0.3, 0.4) is 0 Å². The Morgan fingerprint density at radius 1 is 0.815 bits per heavy atom. The third-order valence-corrected chi connectivity index (χ3v) is 4.95. The molecule has 0 N–H and O–H groups in total. The fraction of sp³-hybridized carbons (Fsp3) is 0.125. The smallest absolute Gasteiger partial charge is 0.190 e. The summed E-state index contributed by atoms with van der Waals surface area (Å²) in [6.07, 6.45) is 1.96. The van der Waals surface area contributed by atoms with Gasteiger partial charge in [-0.05, 0) is 34.9 Å². The lowest BCUT2D eigenvalue weighted by atomic mass is 9.89. The molecule has 3 aromatic carbocycles. The molecule has 1 aliphatic rings. The first-order valence-electron chi connectivity index (χ1n) is 8.85. The van der Waals surface area contributed by atoms with E-state index in [1.165, 1.54) is 0 Å². The Labute approximate surface area is 158 Å².